The van der Waals surface area contributed by atoms with Crippen molar-refractivity contribution in [2.24, 2.45) is 0 Å². The Bertz CT molecular complexity index is 434. The lowest BCUT2D eigenvalue weighted by molar-refractivity contribution is -0.137. The van der Waals surface area contributed by atoms with Gasteiger partial charge < -0.3 is 9.47 Å². The molecule has 0 aliphatic carbocycles. The van der Waals surface area contributed by atoms with Gasteiger partial charge in [0.05, 0.1) is 5.56 Å². The van der Waals surface area contributed by atoms with E-state index < -0.39 is 11.7 Å². The Balaban J connectivity index is 1.81. The maximum atomic E-state index is 12.5. The molecular weight excluding hydrogens is 242 g/mol. The van der Waals surface area contributed by atoms with Crippen LogP contribution < -0.4 is 5.46 Å². The molecule has 3 rings (SSSR count). The highest BCUT2D eigenvalue weighted by Crippen LogP contribution is 2.29. The van der Waals surface area contributed by atoms with Crippen molar-refractivity contribution in [1.82, 2.24) is 4.81 Å². The van der Waals surface area contributed by atoms with Gasteiger partial charge in [-0.2, -0.15) is 13.2 Å². The van der Waals surface area contributed by atoms with Crippen LogP contribution in [0.4, 0.5) is 13.2 Å². The highest BCUT2D eigenvalue weighted by molar-refractivity contribution is 6.65. The van der Waals surface area contributed by atoms with E-state index in [-0.39, 0.29) is 7.05 Å². The Hall–Kier alpha value is -1.01. The van der Waals surface area contributed by atoms with Gasteiger partial charge in [0.25, 0.3) is 0 Å². The molecule has 0 N–H and O–H groups in total. The minimum atomic E-state index is -4.27. The van der Waals surface area contributed by atoms with Crippen LogP contribution in [0, 0.1) is 0 Å². The molecule has 1 aromatic carbocycles. The molecule has 0 saturated carbocycles. The standard InChI is InChI=1S/C12H13BF3NO/c14-12(15,16)9-3-5-10(6-4-9)13-17-7-1-2-11(17)8-18-13/h3-6,11H,1-2,7-8H2/t11-/m0/s1. The Kier molecular flexibility index (Phi) is 2.86. The first kappa shape index (κ1) is 12.1. The van der Waals surface area contributed by atoms with Crippen molar-refractivity contribution in [2.75, 3.05) is 13.2 Å². The third-order valence-electron chi connectivity index (χ3n) is 3.69. The van der Waals surface area contributed by atoms with Crippen LogP contribution in [-0.4, -0.2) is 31.1 Å². The van der Waals surface area contributed by atoms with Gasteiger partial charge in [0.15, 0.2) is 0 Å². The molecule has 2 saturated heterocycles. The van der Waals surface area contributed by atoms with Crippen LogP contribution in [-0.2, 0) is 10.8 Å². The van der Waals surface area contributed by atoms with E-state index in [1.165, 1.54) is 12.1 Å². The van der Waals surface area contributed by atoms with Gasteiger partial charge >= 0.3 is 13.2 Å². The van der Waals surface area contributed by atoms with Gasteiger partial charge in [0.1, 0.15) is 0 Å². The summed E-state index contributed by atoms with van der Waals surface area (Å²) >= 11 is 0. The summed E-state index contributed by atoms with van der Waals surface area (Å²) in [5.74, 6) is 0. The molecule has 6 heteroatoms. The van der Waals surface area contributed by atoms with Crippen molar-refractivity contribution in [3.63, 3.8) is 0 Å². The minimum absolute atomic E-state index is 0.167. The van der Waals surface area contributed by atoms with Crippen LogP contribution in [0.15, 0.2) is 24.3 Å². The van der Waals surface area contributed by atoms with Crippen molar-refractivity contribution >= 4 is 12.5 Å². The number of hydrogen-bond acceptors (Lipinski definition) is 2. The summed E-state index contributed by atoms with van der Waals surface area (Å²) in [5, 5.41) is 0. The molecule has 2 nitrogen and oxygen atoms in total. The number of nitrogens with zero attached hydrogens (tertiary/aromatic N) is 1. The van der Waals surface area contributed by atoms with E-state index in [4.69, 9.17) is 4.65 Å². The number of rotatable bonds is 1. The lowest BCUT2D eigenvalue weighted by atomic mass is 9.72. The Morgan fingerprint density at radius 2 is 1.94 bits per heavy atom. The van der Waals surface area contributed by atoms with Crippen LogP contribution in [0.5, 0.6) is 0 Å². The van der Waals surface area contributed by atoms with Crippen molar-refractivity contribution in [3.05, 3.63) is 29.8 Å². The second-order valence-corrected chi connectivity index (χ2v) is 4.84. The first-order valence-corrected chi connectivity index (χ1v) is 6.10. The lowest BCUT2D eigenvalue weighted by Gasteiger charge is -2.18. The average Bonchev–Trinajstić information content (AvgIpc) is 2.89. The molecule has 0 bridgehead atoms. The van der Waals surface area contributed by atoms with Crippen molar-refractivity contribution in [3.8, 4) is 0 Å². The fourth-order valence-corrected chi connectivity index (χ4v) is 2.77. The van der Waals surface area contributed by atoms with E-state index >= 15 is 0 Å². The van der Waals surface area contributed by atoms with Gasteiger partial charge in [0.2, 0.25) is 0 Å². The smallest absolute Gasteiger partial charge is 0.416 e. The quantitative estimate of drug-likeness (QED) is 0.710. The second kappa shape index (κ2) is 4.28. The topological polar surface area (TPSA) is 12.5 Å². The van der Waals surface area contributed by atoms with Crippen molar-refractivity contribution < 1.29 is 17.8 Å². The number of hydrogen-bond donors (Lipinski definition) is 0. The van der Waals surface area contributed by atoms with E-state index in [0.717, 1.165) is 37.0 Å². The second-order valence-electron chi connectivity index (χ2n) is 4.84. The molecule has 0 aromatic heterocycles. The molecule has 0 radical (unpaired) electrons. The molecule has 2 heterocycles. The van der Waals surface area contributed by atoms with E-state index in [1.807, 2.05) is 0 Å². The first-order valence-electron chi connectivity index (χ1n) is 6.10. The Morgan fingerprint density at radius 3 is 2.61 bits per heavy atom. The number of benzene rings is 1. The molecule has 0 unspecified atom stereocenters. The molecule has 0 amide bonds. The fraction of sp³-hybridized carbons (Fsp3) is 0.500. The SMILES string of the molecule is FC(F)(F)c1ccc(B2OC[C@@H]3CCCN23)cc1. The Labute approximate surface area is 104 Å². The molecule has 1 aromatic rings. The average molecular weight is 255 g/mol. The van der Waals surface area contributed by atoms with Gasteiger partial charge in [-0.05, 0) is 24.8 Å². The summed E-state index contributed by atoms with van der Waals surface area (Å²) in [6.45, 7) is 1.65. The van der Waals surface area contributed by atoms with Gasteiger partial charge in [-0.3, -0.25) is 0 Å². The van der Waals surface area contributed by atoms with E-state index in [2.05, 4.69) is 4.81 Å². The Morgan fingerprint density at radius 1 is 1.22 bits per heavy atom. The number of alkyl halides is 3. The van der Waals surface area contributed by atoms with Crippen LogP contribution in [0.3, 0.4) is 0 Å². The zero-order valence-corrected chi connectivity index (χ0v) is 9.78. The number of fused-ring (bicyclic) bond motifs is 1. The van der Waals surface area contributed by atoms with E-state index in [9.17, 15) is 13.2 Å². The fourth-order valence-electron chi connectivity index (χ4n) is 2.77. The van der Waals surface area contributed by atoms with Crippen LogP contribution in [0.1, 0.15) is 18.4 Å². The van der Waals surface area contributed by atoms with Gasteiger partial charge in [-0.15, -0.1) is 0 Å². The molecule has 2 fully saturated rings. The largest absolute Gasteiger partial charge is 0.418 e. The van der Waals surface area contributed by atoms with Crippen LogP contribution >= 0.6 is 0 Å². The normalized spacial score (nSPS) is 24.6. The summed E-state index contributed by atoms with van der Waals surface area (Å²) in [6.07, 6.45) is -2.01. The molecular formula is C12H13BF3NO. The maximum Gasteiger partial charge on any atom is 0.418 e. The van der Waals surface area contributed by atoms with Crippen molar-refractivity contribution in [2.45, 2.75) is 25.1 Å². The van der Waals surface area contributed by atoms with Gasteiger partial charge in [-0.25, -0.2) is 0 Å². The van der Waals surface area contributed by atoms with E-state index in [0.29, 0.717) is 12.6 Å². The third kappa shape index (κ3) is 2.03. The summed E-state index contributed by atoms with van der Waals surface area (Å²) in [4.78, 5) is 2.24. The summed E-state index contributed by atoms with van der Waals surface area (Å²) in [7, 11) is -0.167. The first-order chi connectivity index (χ1) is 8.55. The predicted octanol–water partition coefficient (Wildman–Crippen LogP) is 1.90. The summed E-state index contributed by atoms with van der Waals surface area (Å²) in [6, 6.07) is 5.74. The monoisotopic (exact) mass is 255 g/mol. The van der Waals surface area contributed by atoms with Crippen LogP contribution in [0.25, 0.3) is 0 Å². The highest BCUT2D eigenvalue weighted by atomic mass is 19.4. The molecule has 96 valence electrons. The molecule has 2 aliphatic heterocycles. The van der Waals surface area contributed by atoms with E-state index in [1.54, 1.807) is 0 Å². The third-order valence-corrected chi connectivity index (χ3v) is 3.69. The lowest BCUT2D eigenvalue weighted by Crippen LogP contribution is -2.45. The zero-order chi connectivity index (χ0) is 12.8. The molecule has 18 heavy (non-hydrogen) atoms. The maximum absolute atomic E-state index is 12.5. The predicted molar refractivity (Wildman–Crippen MR) is 62.5 cm³/mol. The summed E-state index contributed by atoms with van der Waals surface area (Å²) in [5.41, 5.74) is 0.203. The van der Waals surface area contributed by atoms with Gasteiger partial charge in [-0.1, -0.05) is 24.3 Å². The molecule has 0 spiro atoms. The van der Waals surface area contributed by atoms with Gasteiger partial charge in [0, 0.05) is 12.6 Å². The zero-order valence-electron chi connectivity index (χ0n) is 9.78. The molecule has 1 atom stereocenters. The summed E-state index contributed by atoms with van der Waals surface area (Å²) < 4.78 is 43.1. The highest BCUT2D eigenvalue weighted by Gasteiger charge is 2.42. The molecule has 2 aliphatic rings. The minimum Gasteiger partial charge on any atom is -0.416 e. The number of halogens is 3. The van der Waals surface area contributed by atoms with Crippen LogP contribution in [0.2, 0.25) is 0 Å². The van der Waals surface area contributed by atoms with Crippen molar-refractivity contribution in [1.29, 1.82) is 0 Å².